The van der Waals surface area contributed by atoms with Crippen LogP contribution in [0.4, 0.5) is 0 Å². The number of benzene rings is 1. The molecule has 1 aromatic carbocycles. The van der Waals surface area contributed by atoms with Crippen molar-refractivity contribution in [1.29, 1.82) is 0 Å². The number of carbonyl (C=O) groups excluding carboxylic acids is 1. The van der Waals surface area contributed by atoms with Crippen molar-refractivity contribution < 1.29 is 21.6 Å². The summed E-state index contributed by atoms with van der Waals surface area (Å²) in [5.74, 6) is -0.00776. The number of rotatable bonds is 14. The quantitative estimate of drug-likeness (QED) is 0.344. The molecule has 1 aliphatic heterocycles. The van der Waals surface area contributed by atoms with Gasteiger partial charge in [-0.25, -0.2) is 16.8 Å². The van der Waals surface area contributed by atoms with E-state index in [1.54, 1.807) is 12.1 Å². The molecule has 1 fully saturated rings. The predicted molar refractivity (Wildman–Crippen MR) is 141 cm³/mol. The number of sulfone groups is 1. The number of hydrogen-bond acceptors (Lipinski definition) is 6. The van der Waals surface area contributed by atoms with E-state index in [2.05, 4.69) is 18.7 Å². The SMILES string of the molecule is CCCN(CCCCN1CCCN(S(=O)(=O)CCC)CC1=O)C(C)Cc1ccc(S(C)(=O)=O)cc1. The van der Waals surface area contributed by atoms with Crippen LogP contribution in [0.1, 0.15) is 58.4 Å². The summed E-state index contributed by atoms with van der Waals surface area (Å²) >= 11 is 0. The zero-order valence-electron chi connectivity index (χ0n) is 21.8. The lowest BCUT2D eigenvalue weighted by Crippen LogP contribution is -2.40. The van der Waals surface area contributed by atoms with Gasteiger partial charge in [0.1, 0.15) is 0 Å². The van der Waals surface area contributed by atoms with Gasteiger partial charge in [-0.15, -0.1) is 0 Å². The number of amides is 1. The molecule has 1 aliphatic rings. The molecule has 0 N–H and O–H groups in total. The fourth-order valence-corrected chi connectivity index (χ4v) is 6.67. The van der Waals surface area contributed by atoms with Crippen molar-refractivity contribution in [3.63, 3.8) is 0 Å². The van der Waals surface area contributed by atoms with Gasteiger partial charge < -0.3 is 9.80 Å². The summed E-state index contributed by atoms with van der Waals surface area (Å²) < 4.78 is 49.5. The normalized spacial score (nSPS) is 17.1. The first-order valence-electron chi connectivity index (χ1n) is 12.8. The van der Waals surface area contributed by atoms with Gasteiger partial charge in [-0.3, -0.25) is 4.79 Å². The summed E-state index contributed by atoms with van der Waals surface area (Å²) in [7, 11) is -6.54. The van der Waals surface area contributed by atoms with Crippen molar-refractivity contribution in [2.24, 2.45) is 0 Å². The van der Waals surface area contributed by atoms with Gasteiger partial charge in [0, 0.05) is 31.9 Å². The Labute approximate surface area is 212 Å². The number of sulfonamides is 1. The van der Waals surface area contributed by atoms with E-state index in [4.69, 9.17) is 0 Å². The topological polar surface area (TPSA) is 95.1 Å². The van der Waals surface area contributed by atoms with Gasteiger partial charge in [0.15, 0.2) is 9.84 Å². The molecule has 1 unspecified atom stereocenters. The summed E-state index contributed by atoms with van der Waals surface area (Å²) in [5.41, 5.74) is 1.11. The Morgan fingerprint density at radius 1 is 0.971 bits per heavy atom. The van der Waals surface area contributed by atoms with E-state index in [0.717, 1.165) is 44.3 Å². The standard InChI is InChI=1S/C25H43N3O5S2/c1-5-14-26(22(3)20-23-10-12-24(13-11-23)34(4,30)31)15-7-8-16-27-17-9-18-28(21-25(27)29)35(32,33)19-6-2/h10-13,22H,5-9,14-21H2,1-4H3. The van der Waals surface area contributed by atoms with Crippen LogP contribution in [0.15, 0.2) is 29.2 Å². The molecule has 0 radical (unpaired) electrons. The largest absolute Gasteiger partial charge is 0.342 e. The van der Waals surface area contributed by atoms with E-state index < -0.39 is 19.9 Å². The third-order valence-electron chi connectivity index (χ3n) is 6.50. The second-order valence-electron chi connectivity index (χ2n) is 9.60. The molecule has 1 saturated heterocycles. The van der Waals surface area contributed by atoms with Gasteiger partial charge in [0.2, 0.25) is 15.9 Å². The Morgan fingerprint density at radius 2 is 1.66 bits per heavy atom. The first kappa shape index (κ1) is 29.7. The average molecular weight is 530 g/mol. The number of unbranched alkanes of at least 4 members (excludes halogenated alkanes) is 1. The molecule has 2 rings (SSSR count). The molecule has 0 aromatic heterocycles. The Morgan fingerprint density at radius 3 is 2.26 bits per heavy atom. The van der Waals surface area contributed by atoms with Crippen LogP contribution in [-0.4, -0.2) is 94.2 Å². The lowest BCUT2D eigenvalue weighted by Gasteiger charge is -2.29. The summed E-state index contributed by atoms with van der Waals surface area (Å²) in [5, 5.41) is 0. The molecule has 1 atom stereocenters. The highest BCUT2D eigenvalue weighted by Crippen LogP contribution is 2.16. The molecule has 35 heavy (non-hydrogen) atoms. The van der Waals surface area contributed by atoms with Crippen LogP contribution in [0.25, 0.3) is 0 Å². The Balaban J connectivity index is 1.84. The number of carbonyl (C=O) groups is 1. The van der Waals surface area contributed by atoms with Crippen LogP contribution in [0, 0.1) is 0 Å². The lowest BCUT2D eigenvalue weighted by molar-refractivity contribution is -0.130. The highest BCUT2D eigenvalue weighted by atomic mass is 32.2. The molecule has 0 spiro atoms. The summed E-state index contributed by atoms with van der Waals surface area (Å²) in [6, 6.07) is 7.46. The molecular weight excluding hydrogens is 486 g/mol. The minimum Gasteiger partial charge on any atom is -0.342 e. The van der Waals surface area contributed by atoms with Gasteiger partial charge in [-0.05, 0) is 76.2 Å². The third-order valence-corrected chi connectivity index (χ3v) is 9.65. The van der Waals surface area contributed by atoms with Crippen LogP contribution >= 0.6 is 0 Å². The van der Waals surface area contributed by atoms with E-state index in [1.165, 1.54) is 10.6 Å². The van der Waals surface area contributed by atoms with E-state index in [0.29, 0.717) is 43.4 Å². The van der Waals surface area contributed by atoms with E-state index in [-0.39, 0.29) is 18.2 Å². The highest BCUT2D eigenvalue weighted by Gasteiger charge is 2.28. The minimum atomic E-state index is -3.35. The van der Waals surface area contributed by atoms with Gasteiger partial charge in [-0.2, -0.15) is 4.31 Å². The van der Waals surface area contributed by atoms with Crippen LogP contribution < -0.4 is 0 Å². The minimum absolute atomic E-state index is 0.0422. The van der Waals surface area contributed by atoms with Crippen molar-refractivity contribution in [2.75, 3.05) is 51.3 Å². The fourth-order valence-electron chi connectivity index (χ4n) is 4.55. The molecule has 200 valence electrons. The Kier molecular flexibility index (Phi) is 11.7. The smallest absolute Gasteiger partial charge is 0.237 e. The lowest BCUT2D eigenvalue weighted by atomic mass is 10.1. The van der Waals surface area contributed by atoms with Crippen LogP contribution in [0.5, 0.6) is 0 Å². The Bertz CT molecular complexity index is 1010. The van der Waals surface area contributed by atoms with Crippen molar-refractivity contribution >= 4 is 25.8 Å². The zero-order valence-corrected chi connectivity index (χ0v) is 23.4. The number of hydrogen-bond donors (Lipinski definition) is 0. The summed E-state index contributed by atoms with van der Waals surface area (Å²) in [6.07, 6.45) is 6.17. The molecule has 0 saturated carbocycles. The van der Waals surface area contributed by atoms with Gasteiger partial charge in [0.05, 0.1) is 17.2 Å². The monoisotopic (exact) mass is 529 g/mol. The predicted octanol–water partition coefficient (Wildman–Crippen LogP) is 2.79. The molecule has 1 heterocycles. The maximum absolute atomic E-state index is 12.7. The molecule has 1 amide bonds. The van der Waals surface area contributed by atoms with E-state index in [1.807, 2.05) is 24.0 Å². The van der Waals surface area contributed by atoms with E-state index in [9.17, 15) is 21.6 Å². The zero-order chi connectivity index (χ0) is 26.1. The molecule has 0 aliphatic carbocycles. The first-order valence-corrected chi connectivity index (χ1v) is 16.3. The highest BCUT2D eigenvalue weighted by molar-refractivity contribution is 7.90. The van der Waals surface area contributed by atoms with Crippen LogP contribution in [0.3, 0.4) is 0 Å². The third kappa shape index (κ3) is 9.48. The molecule has 8 nitrogen and oxygen atoms in total. The summed E-state index contributed by atoms with van der Waals surface area (Å²) in [4.78, 5) is 17.3. The van der Waals surface area contributed by atoms with Gasteiger partial charge in [-0.1, -0.05) is 26.0 Å². The Hall–Kier alpha value is -1.49. The molecule has 10 heteroatoms. The fraction of sp³-hybridized carbons (Fsp3) is 0.720. The molecular formula is C25H43N3O5S2. The second-order valence-corrected chi connectivity index (χ2v) is 13.7. The molecule has 1 aromatic rings. The molecule has 0 bridgehead atoms. The van der Waals surface area contributed by atoms with Gasteiger partial charge >= 0.3 is 0 Å². The van der Waals surface area contributed by atoms with Crippen LogP contribution in [0.2, 0.25) is 0 Å². The van der Waals surface area contributed by atoms with Crippen LogP contribution in [-0.2, 0) is 31.1 Å². The maximum Gasteiger partial charge on any atom is 0.237 e. The summed E-state index contributed by atoms with van der Waals surface area (Å²) in [6.45, 7) is 9.73. The van der Waals surface area contributed by atoms with Gasteiger partial charge in [0.25, 0.3) is 0 Å². The van der Waals surface area contributed by atoms with Crippen molar-refractivity contribution in [3.8, 4) is 0 Å². The van der Waals surface area contributed by atoms with Crippen molar-refractivity contribution in [3.05, 3.63) is 29.8 Å². The second kappa shape index (κ2) is 13.7. The van der Waals surface area contributed by atoms with Crippen molar-refractivity contribution in [2.45, 2.75) is 70.2 Å². The first-order chi connectivity index (χ1) is 16.5. The maximum atomic E-state index is 12.7. The average Bonchev–Trinajstić information content (AvgIpc) is 2.97. The van der Waals surface area contributed by atoms with E-state index >= 15 is 0 Å². The number of nitrogens with zero attached hydrogens (tertiary/aromatic N) is 3. The van der Waals surface area contributed by atoms with Crippen molar-refractivity contribution in [1.82, 2.24) is 14.1 Å².